The van der Waals surface area contributed by atoms with Gasteiger partial charge in [0.2, 0.25) is 0 Å². The van der Waals surface area contributed by atoms with E-state index in [-0.39, 0.29) is 5.41 Å². The molecule has 0 atom stereocenters. The van der Waals surface area contributed by atoms with Gasteiger partial charge in [-0.3, -0.25) is 0 Å². The Balaban J connectivity index is 2.01. The van der Waals surface area contributed by atoms with Gasteiger partial charge >= 0.3 is 0 Å². The minimum Gasteiger partial charge on any atom is -0.384 e. The van der Waals surface area contributed by atoms with Crippen LogP contribution in [-0.2, 0) is 5.41 Å². The summed E-state index contributed by atoms with van der Waals surface area (Å²) < 4.78 is 0. The van der Waals surface area contributed by atoms with Crippen LogP contribution in [0, 0.1) is 0 Å². The Morgan fingerprint density at radius 1 is 0.900 bits per heavy atom. The molecule has 106 valence electrons. The first-order valence-electron chi connectivity index (χ1n) is 7.06. The van der Waals surface area contributed by atoms with Gasteiger partial charge in [0.15, 0.2) is 0 Å². The van der Waals surface area contributed by atoms with Gasteiger partial charge < -0.3 is 10.2 Å². The van der Waals surface area contributed by atoms with Crippen LogP contribution < -0.4 is 10.2 Å². The Morgan fingerprint density at radius 2 is 1.50 bits per heavy atom. The zero-order chi connectivity index (χ0) is 14.6. The SMILES string of the molecule is CN(C)c1ccc(NCC(C)(C)c2ccccc2)cc1. The molecule has 0 heterocycles. The third-order valence-electron chi connectivity index (χ3n) is 3.67. The summed E-state index contributed by atoms with van der Waals surface area (Å²) in [6.45, 7) is 5.45. The van der Waals surface area contributed by atoms with Gasteiger partial charge in [0, 0.05) is 37.4 Å². The first-order valence-corrected chi connectivity index (χ1v) is 7.06. The molecule has 0 radical (unpaired) electrons. The third kappa shape index (κ3) is 3.53. The Bertz CT molecular complexity index is 527. The molecular weight excluding hydrogens is 244 g/mol. The Labute approximate surface area is 122 Å². The van der Waals surface area contributed by atoms with E-state index in [4.69, 9.17) is 0 Å². The van der Waals surface area contributed by atoms with Crippen molar-refractivity contribution in [3.8, 4) is 0 Å². The fraction of sp³-hybridized carbons (Fsp3) is 0.333. The molecule has 0 aliphatic rings. The van der Waals surface area contributed by atoms with Crippen LogP contribution in [0.2, 0.25) is 0 Å². The van der Waals surface area contributed by atoms with E-state index in [0.29, 0.717) is 0 Å². The highest BCUT2D eigenvalue weighted by molar-refractivity contribution is 5.54. The summed E-state index contributed by atoms with van der Waals surface area (Å²) in [5, 5.41) is 3.53. The average Bonchev–Trinajstić information content (AvgIpc) is 2.46. The van der Waals surface area contributed by atoms with Gasteiger partial charge in [-0.1, -0.05) is 44.2 Å². The number of nitrogens with zero attached hydrogens (tertiary/aromatic N) is 1. The van der Waals surface area contributed by atoms with Gasteiger partial charge in [-0.2, -0.15) is 0 Å². The molecule has 2 rings (SSSR count). The van der Waals surface area contributed by atoms with Crippen molar-refractivity contribution in [3.05, 3.63) is 60.2 Å². The Morgan fingerprint density at radius 3 is 2.05 bits per heavy atom. The molecule has 0 saturated carbocycles. The van der Waals surface area contributed by atoms with Crippen LogP contribution >= 0.6 is 0 Å². The van der Waals surface area contributed by atoms with E-state index in [1.807, 2.05) is 0 Å². The second-order valence-corrected chi connectivity index (χ2v) is 6.04. The van der Waals surface area contributed by atoms with E-state index >= 15 is 0 Å². The first kappa shape index (κ1) is 14.4. The Kier molecular flexibility index (Phi) is 4.33. The predicted octanol–water partition coefficient (Wildman–Crippen LogP) is 4.14. The van der Waals surface area contributed by atoms with Gasteiger partial charge in [-0.15, -0.1) is 0 Å². The normalized spacial score (nSPS) is 11.2. The van der Waals surface area contributed by atoms with Crippen LogP contribution in [0.25, 0.3) is 0 Å². The third-order valence-corrected chi connectivity index (χ3v) is 3.67. The lowest BCUT2D eigenvalue weighted by molar-refractivity contribution is 0.557. The van der Waals surface area contributed by atoms with E-state index < -0.39 is 0 Å². The zero-order valence-electron chi connectivity index (χ0n) is 12.9. The van der Waals surface area contributed by atoms with Crippen LogP contribution in [0.1, 0.15) is 19.4 Å². The summed E-state index contributed by atoms with van der Waals surface area (Å²) in [4.78, 5) is 2.11. The molecule has 0 aliphatic carbocycles. The standard InChI is InChI=1S/C18H24N2/c1-18(2,15-8-6-5-7-9-15)14-19-16-10-12-17(13-11-16)20(3)4/h5-13,19H,14H2,1-4H3. The molecule has 2 aromatic carbocycles. The molecule has 0 bridgehead atoms. The smallest absolute Gasteiger partial charge is 0.0362 e. The summed E-state index contributed by atoms with van der Waals surface area (Å²) in [5.74, 6) is 0. The minimum absolute atomic E-state index is 0.113. The summed E-state index contributed by atoms with van der Waals surface area (Å²) >= 11 is 0. The van der Waals surface area contributed by atoms with Gasteiger partial charge in [-0.05, 0) is 29.8 Å². The molecule has 0 spiro atoms. The maximum absolute atomic E-state index is 3.53. The second kappa shape index (κ2) is 6.00. The van der Waals surface area contributed by atoms with Crippen LogP contribution in [0.4, 0.5) is 11.4 Å². The highest BCUT2D eigenvalue weighted by atomic mass is 15.1. The van der Waals surface area contributed by atoms with Crippen molar-refractivity contribution in [2.24, 2.45) is 0 Å². The monoisotopic (exact) mass is 268 g/mol. The fourth-order valence-corrected chi connectivity index (χ4v) is 2.19. The molecule has 2 nitrogen and oxygen atoms in total. The summed E-state index contributed by atoms with van der Waals surface area (Å²) in [6.07, 6.45) is 0. The number of anilines is 2. The lowest BCUT2D eigenvalue weighted by atomic mass is 9.84. The quantitative estimate of drug-likeness (QED) is 0.876. The van der Waals surface area contributed by atoms with E-state index in [0.717, 1.165) is 6.54 Å². The van der Waals surface area contributed by atoms with E-state index in [1.54, 1.807) is 0 Å². The van der Waals surface area contributed by atoms with Crippen molar-refractivity contribution in [2.45, 2.75) is 19.3 Å². The van der Waals surface area contributed by atoms with Crippen molar-refractivity contribution in [2.75, 3.05) is 30.9 Å². The topological polar surface area (TPSA) is 15.3 Å². The fourth-order valence-electron chi connectivity index (χ4n) is 2.19. The molecule has 0 amide bonds. The minimum atomic E-state index is 0.113. The number of rotatable bonds is 5. The van der Waals surface area contributed by atoms with Crippen LogP contribution in [-0.4, -0.2) is 20.6 Å². The molecule has 20 heavy (non-hydrogen) atoms. The molecule has 0 saturated heterocycles. The molecule has 2 heteroatoms. The van der Waals surface area contributed by atoms with Crippen molar-refractivity contribution >= 4 is 11.4 Å². The maximum Gasteiger partial charge on any atom is 0.0362 e. The summed E-state index contributed by atoms with van der Waals surface area (Å²) in [6, 6.07) is 19.2. The first-order chi connectivity index (χ1) is 9.49. The van der Waals surface area contributed by atoms with Crippen LogP contribution in [0.15, 0.2) is 54.6 Å². The molecule has 0 aliphatic heterocycles. The maximum atomic E-state index is 3.53. The molecule has 1 N–H and O–H groups in total. The number of hydrogen-bond donors (Lipinski definition) is 1. The van der Waals surface area contributed by atoms with Gasteiger partial charge in [0.05, 0.1) is 0 Å². The van der Waals surface area contributed by atoms with E-state index in [1.165, 1.54) is 16.9 Å². The van der Waals surface area contributed by atoms with Gasteiger partial charge in [-0.25, -0.2) is 0 Å². The highest BCUT2D eigenvalue weighted by Gasteiger charge is 2.19. The molecule has 0 unspecified atom stereocenters. The van der Waals surface area contributed by atoms with Gasteiger partial charge in [0.1, 0.15) is 0 Å². The van der Waals surface area contributed by atoms with Crippen molar-refractivity contribution in [1.29, 1.82) is 0 Å². The molecule has 2 aromatic rings. The summed E-state index contributed by atoms with van der Waals surface area (Å²) in [5.41, 5.74) is 3.86. The van der Waals surface area contributed by atoms with E-state index in [2.05, 4.69) is 92.8 Å². The van der Waals surface area contributed by atoms with Crippen molar-refractivity contribution < 1.29 is 0 Å². The second-order valence-electron chi connectivity index (χ2n) is 6.04. The average molecular weight is 268 g/mol. The number of benzene rings is 2. The summed E-state index contributed by atoms with van der Waals surface area (Å²) in [7, 11) is 4.11. The Hall–Kier alpha value is -1.96. The van der Waals surface area contributed by atoms with Crippen LogP contribution in [0.5, 0.6) is 0 Å². The number of nitrogens with one attached hydrogen (secondary N) is 1. The molecular formula is C18H24N2. The zero-order valence-corrected chi connectivity index (χ0v) is 12.9. The highest BCUT2D eigenvalue weighted by Crippen LogP contribution is 2.24. The van der Waals surface area contributed by atoms with Crippen LogP contribution in [0.3, 0.4) is 0 Å². The lowest BCUT2D eigenvalue weighted by Crippen LogP contribution is -2.27. The van der Waals surface area contributed by atoms with E-state index in [9.17, 15) is 0 Å². The largest absolute Gasteiger partial charge is 0.384 e. The van der Waals surface area contributed by atoms with Crippen molar-refractivity contribution in [3.63, 3.8) is 0 Å². The lowest BCUT2D eigenvalue weighted by Gasteiger charge is -2.26. The molecule has 0 aromatic heterocycles. The van der Waals surface area contributed by atoms with Crippen molar-refractivity contribution in [1.82, 2.24) is 0 Å². The number of hydrogen-bond acceptors (Lipinski definition) is 2. The predicted molar refractivity (Wildman–Crippen MR) is 88.7 cm³/mol. The molecule has 0 fully saturated rings. The van der Waals surface area contributed by atoms with Gasteiger partial charge in [0.25, 0.3) is 0 Å².